The summed E-state index contributed by atoms with van der Waals surface area (Å²) in [7, 11) is 0. The highest BCUT2D eigenvalue weighted by Gasteiger charge is 2.80. The number of benzene rings is 2. The lowest BCUT2D eigenvalue weighted by atomic mass is 9.62. The van der Waals surface area contributed by atoms with E-state index in [1.165, 1.54) is 4.90 Å². The maximum atomic E-state index is 15.1. The molecular weight excluding hydrogens is 602 g/mol. The molecule has 46 heavy (non-hydrogen) atoms. The monoisotopic (exact) mass is 647 g/mol. The van der Waals surface area contributed by atoms with Crippen LogP contribution in [-0.4, -0.2) is 75.6 Å². The predicted molar refractivity (Wildman–Crippen MR) is 180 cm³/mol. The van der Waals surface area contributed by atoms with Crippen LogP contribution in [0.1, 0.15) is 45.2 Å². The van der Waals surface area contributed by atoms with Crippen molar-refractivity contribution in [2.24, 2.45) is 23.7 Å². The lowest BCUT2D eigenvalue weighted by Gasteiger charge is -2.41. The molecule has 3 unspecified atom stereocenters. The smallest absolute Gasteiger partial charge is 0.253 e. The Labute approximate surface area is 277 Å². The van der Waals surface area contributed by atoms with Crippen LogP contribution >= 0.6 is 11.6 Å². The van der Waals surface area contributed by atoms with Gasteiger partial charge in [0.2, 0.25) is 11.8 Å². The van der Waals surface area contributed by atoms with E-state index in [0.29, 0.717) is 30.2 Å². The maximum absolute atomic E-state index is 15.1. The van der Waals surface area contributed by atoms with Crippen LogP contribution in [0, 0.1) is 30.6 Å². The number of likely N-dealkylation sites (tertiary alicyclic amines) is 1. The first-order valence-corrected chi connectivity index (χ1v) is 16.5. The highest BCUT2D eigenvalue weighted by Crippen LogP contribution is 2.66. The molecule has 2 aromatic rings. The van der Waals surface area contributed by atoms with E-state index in [-0.39, 0.29) is 42.7 Å². The van der Waals surface area contributed by atoms with E-state index < -0.39 is 35.1 Å². The highest BCUT2D eigenvalue weighted by molar-refractivity contribution is 6.34. The normalized spacial score (nSPS) is 28.7. The molecule has 3 aliphatic rings. The van der Waals surface area contributed by atoms with Gasteiger partial charge in [0, 0.05) is 19.6 Å². The maximum Gasteiger partial charge on any atom is 0.253 e. The Morgan fingerprint density at radius 3 is 2.37 bits per heavy atom. The second-order valence-corrected chi connectivity index (χ2v) is 14.0. The molecule has 3 heterocycles. The minimum absolute atomic E-state index is 0.135. The second kappa shape index (κ2) is 13.0. The Morgan fingerprint density at radius 2 is 1.78 bits per heavy atom. The molecule has 2 aromatic carbocycles. The van der Waals surface area contributed by atoms with E-state index in [2.05, 4.69) is 13.2 Å². The van der Waals surface area contributed by atoms with Crippen molar-refractivity contribution in [2.75, 3.05) is 24.6 Å². The van der Waals surface area contributed by atoms with Gasteiger partial charge in [0.05, 0.1) is 40.8 Å². The topological polar surface area (TPSA) is 90.4 Å². The van der Waals surface area contributed by atoms with Crippen molar-refractivity contribution < 1.29 is 24.2 Å². The zero-order valence-corrected chi connectivity index (χ0v) is 28.2. The fourth-order valence-corrected chi connectivity index (χ4v) is 8.56. The Bertz CT molecular complexity index is 1490. The zero-order valence-electron chi connectivity index (χ0n) is 27.5. The number of aryl methyl sites for hydroxylation is 1. The molecule has 9 heteroatoms. The molecule has 3 aliphatic heterocycles. The Hall–Kier alpha value is -3.46. The van der Waals surface area contributed by atoms with Gasteiger partial charge in [-0.3, -0.25) is 14.4 Å². The van der Waals surface area contributed by atoms with Crippen LogP contribution in [0.5, 0.6) is 0 Å². The lowest BCUT2D eigenvalue weighted by Crippen LogP contribution is -2.60. The van der Waals surface area contributed by atoms with E-state index in [9.17, 15) is 14.7 Å². The standard InChI is InChI=1S/C37H46ClN3O5/c1-8-18-39(21-26-15-11-10-12-16-26)33(43)29-30-34(44)41(28(22-42)23(3)4)32(37(30)20-25(6)36(29,7)46-37)35(45)40(19-9-2)31-24(5)14-13-17-27(31)38/h8-17,23,25,28-30,32,42H,1-2,18-22H2,3-7H3/t25?,28-,29-,30-,32?,36+,37?/m0/s1. The summed E-state index contributed by atoms with van der Waals surface area (Å²) in [6.45, 7) is 17.9. The first kappa shape index (κ1) is 33.9. The molecule has 0 aliphatic carbocycles. The van der Waals surface area contributed by atoms with E-state index in [1.807, 2.05) is 77.1 Å². The molecule has 246 valence electrons. The predicted octanol–water partition coefficient (Wildman–Crippen LogP) is 5.41. The van der Waals surface area contributed by atoms with Crippen molar-refractivity contribution in [3.8, 4) is 0 Å². The number of fused-ring (bicyclic) bond motifs is 1. The van der Waals surface area contributed by atoms with Crippen LogP contribution in [0.3, 0.4) is 0 Å². The molecular formula is C37H46ClN3O5. The molecule has 5 rings (SSSR count). The molecule has 8 nitrogen and oxygen atoms in total. The van der Waals surface area contributed by atoms with Gasteiger partial charge in [0.1, 0.15) is 11.6 Å². The fourth-order valence-electron chi connectivity index (χ4n) is 8.23. The third-order valence-corrected chi connectivity index (χ3v) is 10.8. The number of carbonyl (C=O) groups excluding carboxylic acids is 3. The highest BCUT2D eigenvalue weighted by atomic mass is 35.5. The van der Waals surface area contributed by atoms with Crippen LogP contribution in [0.25, 0.3) is 0 Å². The van der Waals surface area contributed by atoms with E-state index in [4.69, 9.17) is 16.3 Å². The number of hydrogen-bond acceptors (Lipinski definition) is 5. The molecule has 0 aromatic heterocycles. The summed E-state index contributed by atoms with van der Waals surface area (Å²) < 4.78 is 7.01. The largest absolute Gasteiger partial charge is 0.394 e. The van der Waals surface area contributed by atoms with Crippen molar-refractivity contribution in [2.45, 2.75) is 70.9 Å². The Kier molecular flexibility index (Phi) is 9.56. The van der Waals surface area contributed by atoms with Crippen molar-refractivity contribution >= 4 is 35.0 Å². The third kappa shape index (κ3) is 5.28. The van der Waals surface area contributed by atoms with Crippen molar-refractivity contribution in [3.63, 3.8) is 0 Å². The number of aliphatic hydroxyl groups is 1. The number of carbonyl (C=O) groups is 3. The van der Waals surface area contributed by atoms with Gasteiger partial charge in [-0.25, -0.2) is 0 Å². The number of rotatable bonds is 12. The molecule has 7 atom stereocenters. The van der Waals surface area contributed by atoms with E-state index >= 15 is 4.79 Å². The molecule has 2 bridgehead atoms. The summed E-state index contributed by atoms with van der Waals surface area (Å²) in [5.41, 5.74) is 0.00457. The molecule has 3 saturated heterocycles. The first-order chi connectivity index (χ1) is 21.9. The van der Waals surface area contributed by atoms with Gasteiger partial charge in [-0.05, 0) is 49.3 Å². The van der Waals surface area contributed by atoms with Gasteiger partial charge in [-0.1, -0.05) is 87.0 Å². The van der Waals surface area contributed by atoms with Crippen molar-refractivity contribution in [1.29, 1.82) is 0 Å². The summed E-state index contributed by atoms with van der Waals surface area (Å²) in [4.78, 5) is 49.5. The first-order valence-electron chi connectivity index (χ1n) is 16.1. The number of halogens is 1. The lowest BCUT2D eigenvalue weighted by molar-refractivity contribution is -0.154. The number of para-hydroxylation sites is 1. The van der Waals surface area contributed by atoms with Gasteiger partial charge in [0.25, 0.3) is 5.91 Å². The van der Waals surface area contributed by atoms with Crippen LogP contribution in [-0.2, 0) is 25.7 Å². The van der Waals surface area contributed by atoms with E-state index in [1.54, 1.807) is 28.0 Å². The molecule has 0 saturated carbocycles. The molecule has 1 N–H and O–H groups in total. The van der Waals surface area contributed by atoms with Crippen molar-refractivity contribution in [3.05, 3.63) is 90.0 Å². The third-order valence-electron chi connectivity index (χ3n) is 10.5. The number of nitrogens with zero attached hydrogens (tertiary/aromatic N) is 3. The van der Waals surface area contributed by atoms with Gasteiger partial charge >= 0.3 is 0 Å². The van der Waals surface area contributed by atoms with Crippen molar-refractivity contribution in [1.82, 2.24) is 9.80 Å². The molecule has 1 spiro atoms. The summed E-state index contributed by atoms with van der Waals surface area (Å²) in [5.74, 6) is -2.98. The second-order valence-electron chi connectivity index (χ2n) is 13.6. The minimum atomic E-state index is -1.29. The molecule has 0 radical (unpaired) electrons. The number of anilines is 1. The average molecular weight is 648 g/mol. The van der Waals surface area contributed by atoms with Gasteiger partial charge in [-0.15, -0.1) is 13.2 Å². The zero-order chi connectivity index (χ0) is 33.6. The Morgan fingerprint density at radius 1 is 1.11 bits per heavy atom. The van der Waals surface area contributed by atoms with Crippen LogP contribution in [0.15, 0.2) is 73.8 Å². The quantitative estimate of drug-likeness (QED) is 0.311. The van der Waals surface area contributed by atoms with Gasteiger partial charge in [0.15, 0.2) is 0 Å². The summed E-state index contributed by atoms with van der Waals surface area (Å²) in [5, 5.41) is 11.1. The number of amides is 3. The van der Waals surface area contributed by atoms with E-state index in [0.717, 1.165) is 11.1 Å². The minimum Gasteiger partial charge on any atom is -0.394 e. The number of aliphatic hydroxyl groups excluding tert-OH is 1. The summed E-state index contributed by atoms with van der Waals surface area (Å²) >= 11 is 6.71. The van der Waals surface area contributed by atoms with Gasteiger partial charge < -0.3 is 24.5 Å². The summed E-state index contributed by atoms with van der Waals surface area (Å²) in [6.07, 6.45) is 3.73. The average Bonchev–Trinajstić information content (AvgIpc) is 3.53. The molecule has 3 amide bonds. The summed E-state index contributed by atoms with van der Waals surface area (Å²) in [6, 6.07) is 13.4. The van der Waals surface area contributed by atoms with Crippen LogP contribution in [0.4, 0.5) is 5.69 Å². The van der Waals surface area contributed by atoms with Crippen LogP contribution < -0.4 is 4.90 Å². The number of hydrogen-bond donors (Lipinski definition) is 1. The van der Waals surface area contributed by atoms with Crippen LogP contribution in [0.2, 0.25) is 5.02 Å². The number of ether oxygens (including phenoxy) is 1. The SMILES string of the molecule is C=CCN(Cc1ccccc1)C(=O)[C@@H]1[C@H]2C(=O)N([C@@H](CO)C(C)C)C(C(=O)N(CC=C)c3c(C)cccc3Cl)C23CC(C)[C@@]1(C)O3. The fraction of sp³-hybridized carbons (Fsp3) is 0.486. The molecule has 3 fully saturated rings. The Balaban J connectivity index is 1.66. The van der Waals surface area contributed by atoms with Gasteiger partial charge in [-0.2, -0.15) is 0 Å².